The first-order valence-electron chi connectivity index (χ1n) is 13.9. The standard InChI is InChI=1S/C36H29N3O2/c1-22-16-17-28-26-12-7-8-14-32(26)41-36(28)34(22)30-13-9-15-33(38(30)4)40-31-19-18-27-24-10-5-6-11-25(24)29-20-21-37(3)39(29)35(27)23(31)2/h5-21H,1-4H3/q+2. The number of para-hydroxylation sites is 1. The maximum Gasteiger partial charge on any atom is 0.373 e. The highest BCUT2D eigenvalue weighted by Crippen LogP contribution is 2.38. The monoisotopic (exact) mass is 535 g/mol. The van der Waals surface area contributed by atoms with Crippen molar-refractivity contribution in [3.05, 3.63) is 114 Å². The van der Waals surface area contributed by atoms with E-state index < -0.39 is 0 Å². The number of ether oxygens (including phenoxy) is 1. The lowest BCUT2D eigenvalue weighted by molar-refractivity contribution is -0.735. The number of benzene rings is 4. The zero-order chi connectivity index (χ0) is 27.8. The Labute approximate surface area is 237 Å². The molecule has 0 unspecified atom stereocenters. The molecule has 5 nitrogen and oxygen atoms in total. The molecule has 0 saturated carbocycles. The second-order valence-corrected chi connectivity index (χ2v) is 10.9. The van der Waals surface area contributed by atoms with Gasteiger partial charge in [-0.2, -0.15) is 4.57 Å². The fourth-order valence-electron chi connectivity index (χ4n) is 6.43. The zero-order valence-corrected chi connectivity index (χ0v) is 23.5. The molecule has 4 heterocycles. The van der Waals surface area contributed by atoms with Crippen LogP contribution in [-0.4, -0.2) is 4.52 Å². The highest BCUT2D eigenvalue weighted by molar-refractivity contribution is 6.13. The van der Waals surface area contributed by atoms with E-state index in [1.54, 1.807) is 0 Å². The van der Waals surface area contributed by atoms with Crippen molar-refractivity contribution in [1.82, 2.24) is 4.52 Å². The summed E-state index contributed by atoms with van der Waals surface area (Å²) in [5, 5.41) is 5.93. The molecule has 0 aliphatic heterocycles. The summed E-state index contributed by atoms with van der Waals surface area (Å²) in [6.45, 7) is 4.28. The van der Waals surface area contributed by atoms with Gasteiger partial charge >= 0.3 is 5.88 Å². The van der Waals surface area contributed by atoms with E-state index in [1.807, 2.05) is 18.2 Å². The highest BCUT2D eigenvalue weighted by atomic mass is 16.5. The normalized spacial score (nSPS) is 11.9. The average Bonchev–Trinajstić information content (AvgIpc) is 3.56. The Morgan fingerprint density at radius 1 is 0.683 bits per heavy atom. The Hall–Kier alpha value is -5.16. The van der Waals surface area contributed by atoms with Crippen molar-refractivity contribution >= 4 is 49.1 Å². The quantitative estimate of drug-likeness (QED) is 0.170. The Balaban J connectivity index is 1.31. The van der Waals surface area contributed by atoms with Crippen molar-refractivity contribution in [2.75, 3.05) is 0 Å². The van der Waals surface area contributed by atoms with Crippen molar-refractivity contribution in [2.45, 2.75) is 13.8 Å². The second-order valence-electron chi connectivity index (χ2n) is 10.9. The maximum absolute atomic E-state index is 6.71. The summed E-state index contributed by atoms with van der Waals surface area (Å²) in [7, 11) is 4.14. The molecule has 0 fully saturated rings. The number of aryl methyl sites for hydroxylation is 3. The van der Waals surface area contributed by atoms with Crippen molar-refractivity contribution in [2.24, 2.45) is 14.1 Å². The van der Waals surface area contributed by atoms with Gasteiger partial charge < -0.3 is 9.15 Å². The topological polar surface area (TPSA) is 34.5 Å². The van der Waals surface area contributed by atoms with Gasteiger partial charge in [-0.1, -0.05) is 54.6 Å². The summed E-state index contributed by atoms with van der Waals surface area (Å²) < 4.78 is 19.7. The van der Waals surface area contributed by atoms with E-state index >= 15 is 0 Å². The third-order valence-corrected chi connectivity index (χ3v) is 8.49. The lowest BCUT2D eigenvalue weighted by Crippen LogP contribution is -2.34. The molecular weight excluding hydrogens is 506 g/mol. The van der Waals surface area contributed by atoms with Gasteiger partial charge in [0.15, 0.2) is 13.2 Å². The predicted octanol–water partition coefficient (Wildman–Crippen LogP) is 7.87. The van der Waals surface area contributed by atoms with Gasteiger partial charge in [-0.25, -0.2) is 0 Å². The molecule has 4 aromatic carbocycles. The number of hydrogen-bond donors (Lipinski definition) is 0. The first-order chi connectivity index (χ1) is 20.0. The molecule has 0 aliphatic rings. The number of pyridine rings is 2. The third-order valence-electron chi connectivity index (χ3n) is 8.49. The van der Waals surface area contributed by atoms with E-state index in [0.717, 1.165) is 61.5 Å². The molecule has 198 valence electrons. The number of hydrogen-bond acceptors (Lipinski definition) is 2. The number of aromatic nitrogens is 3. The highest BCUT2D eigenvalue weighted by Gasteiger charge is 2.25. The Morgan fingerprint density at radius 2 is 1.44 bits per heavy atom. The lowest BCUT2D eigenvalue weighted by Gasteiger charge is -2.13. The van der Waals surface area contributed by atoms with Crippen molar-refractivity contribution in [3.8, 4) is 22.9 Å². The van der Waals surface area contributed by atoms with Crippen LogP contribution in [-0.2, 0) is 14.1 Å². The van der Waals surface area contributed by atoms with Gasteiger partial charge in [0.1, 0.15) is 35.0 Å². The average molecular weight is 536 g/mol. The third kappa shape index (κ3) is 3.35. The summed E-state index contributed by atoms with van der Waals surface area (Å²) in [5.41, 5.74) is 8.47. The van der Waals surface area contributed by atoms with E-state index in [0.29, 0.717) is 0 Å². The van der Waals surface area contributed by atoms with Gasteiger partial charge in [0, 0.05) is 39.2 Å². The Morgan fingerprint density at radius 3 is 2.29 bits per heavy atom. The maximum atomic E-state index is 6.71. The van der Waals surface area contributed by atoms with E-state index in [-0.39, 0.29) is 0 Å². The van der Waals surface area contributed by atoms with Crippen LogP contribution in [0.5, 0.6) is 11.6 Å². The van der Waals surface area contributed by atoms with Crippen LogP contribution < -0.4 is 14.0 Å². The molecular formula is C36H29N3O2+2. The first kappa shape index (κ1) is 23.7. The summed E-state index contributed by atoms with van der Waals surface area (Å²) >= 11 is 0. The van der Waals surface area contributed by atoms with Crippen molar-refractivity contribution < 1.29 is 18.4 Å². The molecule has 0 aliphatic carbocycles. The minimum atomic E-state index is 0.756. The molecule has 5 heteroatoms. The van der Waals surface area contributed by atoms with E-state index in [1.165, 1.54) is 21.7 Å². The van der Waals surface area contributed by atoms with E-state index in [4.69, 9.17) is 9.15 Å². The molecule has 0 amide bonds. The molecule has 0 spiro atoms. The van der Waals surface area contributed by atoms with Crippen LogP contribution in [0.4, 0.5) is 0 Å². The van der Waals surface area contributed by atoms with Crippen LogP contribution in [0.15, 0.2) is 108 Å². The summed E-state index contributed by atoms with van der Waals surface area (Å²) in [6.07, 6.45) is 2.11. The van der Waals surface area contributed by atoms with Crippen molar-refractivity contribution in [3.63, 3.8) is 0 Å². The van der Waals surface area contributed by atoms with Crippen LogP contribution in [0.2, 0.25) is 0 Å². The van der Waals surface area contributed by atoms with Crippen LogP contribution in [0.3, 0.4) is 0 Å². The Kier molecular flexibility index (Phi) is 5.01. The molecule has 0 bridgehead atoms. The predicted molar refractivity (Wildman–Crippen MR) is 163 cm³/mol. The number of furan rings is 1. The summed E-state index contributed by atoms with van der Waals surface area (Å²) in [5.74, 6) is 1.58. The summed E-state index contributed by atoms with van der Waals surface area (Å²) in [4.78, 5) is 0. The number of fused-ring (bicyclic) bond motifs is 9. The molecule has 8 aromatic rings. The van der Waals surface area contributed by atoms with Crippen LogP contribution in [0.1, 0.15) is 11.1 Å². The van der Waals surface area contributed by atoms with E-state index in [2.05, 4.69) is 127 Å². The molecule has 0 atom stereocenters. The van der Waals surface area contributed by atoms with Crippen LogP contribution in [0, 0.1) is 13.8 Å². The largest absolute Gasteiger partial charge is 0.455 e. The fraction of sp³-hybridized carbons (Fsp3) is 0.111. The first-order valence-corrected chi connectivity index (χ1v) is 13.9. The molecule has 41 heavy (non-hydrogen) atoms. The van der Waals surface area contributed by atoms with Crippen molar-refractivity contribution in [1.29, 1.82) is 0 Å². The number of nitrogens with zero attached hydrogens (tertiary/aromatic N) is 3. The van der Waals surface area contributed by atoms with E-state index in [9.17, 15) is 0 Å². The zero-order valence-electron chi connectivity index (χ0n) is 23.5. The minimum absolute atomic E-state index is 0.756. The van der Waals surface area contributed by atoms with Crippen LogP contribution >= 0.6 is 0 Å². The van der Waals surface area contributed by atoms with Crippen LogP contribution in [0.25, 0.3) is 60.4 Å². The van der Waals surface area contributed by atoms with Gasteiger partial charge in [0.25, 0.3) is 0 Å². The SMILES string of the molecule is Cc1ccc2c(oc3ccccc32)c1-c1cccc(Oc2ccc3c4ccccc4c4cc[n+](C)n4c3c2C)[n+]1C. The molecule has 8 rings (SSSR count). The summed E-state index contributed by atoms with van der Waals surface area (Å²) in [6, 6.07) is 33.8. The number of rotatable bonds is 3. The lowest BCUT2D eigenvalue weighted by atomic mass is 10.0. The van der Waals surface area contributed by atoms with Gasteiger partial charge in [-0.05, 0) is 49.1 Å². The van der Waals surface area contributed by atoms with Gasteiger partial charge in [-0.3, -0.25) is 0 Å². The molecule has 0 radical (unpaired) electrons. The smallest absolute Gasteiger partial charge is 0.373 e. The Bertz CT molecular complexity index is 2340. The fourth-order valence-corrected chi connectivity index (χ4v) is 6.43. The van der Waals surface area contributed by atoms with Gasteiger partial charge in [-0.15, -0.1) is 9.20 Å². The molecule has 0 saturated heterocycles. The molecule has 0 N–H and O–H groups in total. The van der Waals surface area contributed by atoms with Gasteiger partial charge in [0.2, 0.25) is 5.69 Å². The van der Waals surface area contributed by atoms with Gasteiger partial charge in [0.05, 0.1) is 11.6 Å². The second kappa shape index (κ2) is 8.67. The minimum Gasteiger partial charge on any atom is -0.455 e. The molecule has 4 aromatic heterocycles.